The highest BCUT2D eigenvalue weighted by atomic mass is 32.2. The van der Waals surface area contributed by atoms with Gasteiger partial charge in [0.15, 0.2) is 0 Å². The number of benzene rings is 2. The summed E-state index contributed by atoms with van der Waals surface area (Å²) < 4.78 is 26.7. The summed E-state index contributed by atoms with van der Waals surface area (Å²) in [4.78, 5) is 17.3. The van der Waals surface area contributed by atoms with Gasteiger partial charge in [0.1, 0.15) is 0 Å². The minimum absolute atomic E-state index is 0.0755. The first-order valence-electron chi connectivity index (χ1n) is 10.5. The third-order valence-corrected chi connectivity index (χ3v) is 7.80. The zero-order chi connectivity index (χ0) is 22.6. The minimum Gasteiger partial charge on any atom is -0.326 e. The van der Waals surface area contributed by atoms with Gasteiger partial charge in [-0.2, -0.15) is 4.31 Å². The molecule has 166 valence electrons. The third-order valence-electron chi connectivity index (χ3n) is 5.46. The maximum Gasteiger partial charge on any atom is 0.236 e. The van der Waals surface area contributed by atoms with Crippen LogP contribution in [0.2, 0.25) is 0 Å². The summed E-state index contributed by atoms with van der Waals surface area (Å²) in [5, 5.41) is 7.22. The number of hydrogen-bond acceptors (Lipinski definition) is 5. The number of hydrogen-bond donors (Lipinski definition) is 1. The van der Waals surface area contributed by atoms with Crippen molar-refractivity contribution in [3.63, 3.8) is 0 Å². The number of piperidine rings is 1. The Hall–Kier alpha value is -2.81. The molecule has 1 aromatic heterocycles. The fourth-order valence-corrected chi connectivity index (χ4v) is 5.53. The zero-order valence-electron chi connectivity index (χ0n) is 17.8. The van der Waals surface area contributed by atoms with E-state index in [4.69, 9.17) is 0 Å². The Morgan fingerprint density at radius 2 is 1.88 bits per heavy atom. The second-order valence-corrected chi connectivity index (χ2v) is 10.6. The lowest BCUT2D eigenvalue weighted by Crippen LogP contribution is -2.40. The summed E-state index contributed by atoms with van der Waals surface area (Å²) >= 11 is 1.59. The molecule has 1 fully saturated rings. The fourth-order valence-electron chi connectivity index (χ4n) is 3.68. The number of rotatable bonds is 6. The Morgan fingerprint density at radius 3 is 2.56 bits per heavy atom. The van der Waals surface area contributed by atoms with Crippen LogP contribution in [0.1, 0.15) is 23.4 Å². The summed E-state index contributed by atoms with van der Waals surface area (Å²) in [6, 6.07) is 17.0. The Morgan fingerprint density at radius 1 is 1.12 bits per heavy atom. The van der Waals surface area contributed by atoms with Crippen molar-refractivity contribution < 1.29 is 13.2 Å². The Bertz CT molecular complexity index is 1210. The van der Waals surface area contributed by atoms with E-state index in [2.05, 4.69) is 10.3 Å². The number of anilines is 1. The molecule has 4 rings (SSSR count). The van der Waals surface area contributed by atoms with Gasteiger partial charge in [-0.15, -0.1) is 11.3 Å². The fraction of sp³-hybridized carbons (Fsp3) is 0.250. The molecule has 1 aliphatic heterocycles. The molecule has 1 saturated heterocycles. The van der Waals surface area contributed by atoms with Gasteiger partial charge in [-0.25, -0.2) is 13.4 Å². The molecule has 32 heavy (non-hydrogen) atoms. The molecule has 1 aliphatic rings. The smallest absolute Gasteiger partial charge is 0.236 e. The Labute approximate surface area is 192 Å². The lowest BCUT2D eigenvalue weighted by atomic mass is 9.97. The van der Waals surface area contributed by atoms with Crippen molar-refractivity contribution in [2.24, 2.45) is 5.92 Å². The van der Waals surface area contributed by atoms with E-state index in [1.54, 1.807) is 17.4 Å². The molecule has 1 N–H and O–H groups in total. The van der Waals surface area contributed by atoms with Crippen molar-refractivity contribution in [3.05, 3.63) is 76.0 Å². The Kier molecular flexibility index (Phi) is 6.83. The summed E-state index contributed by atoms with van der Waals surface area (Å²) in [6.45, 7) is 2.62. The molecule has 0 spiro atoms. The molecule has 0 saturated carbocycles. The van der Waals surface area contributed by atoms with Crippen LogP contribution in [0.3, 0.4) is 0 Å². The van der Waals surface area contributed by atoms with Crippen molar-refractivity contribution in [1.29, 1.82) is 0 Å². The standard InChI is InChI=1S/C24H25N3O3S2/c1-18-25-23(17-31-18)21-8-5-9-22(16-21)26-24(28)20-10-13-27(14-11-20)32(29,30)15-12-19-6-3-2-4-7-19/h2-9,12,15-17,20H,10-11,13-14H2,1H3,(H,26,28)/b15-12+. The van der Waals surface area contributed by atoms with Crippen LogP contribution in [0, 0.1) is 12.8 Å². The van der Waals surface area contributed by atoms with Gasteiger partial charge in [-0.1, -0.05) is 42.5 Å². The summed E-state index contributed by atoms with van der Waals surface area (Å²) in [5.74, 6) is -0.293. The van der Waals surface area contributed by atoms with Crippen LogP contribution >= 0.6 is 11.3 Å². The Balaban J connectivity index is 1.34. The predicted octanol–water partition coefficient (Wildman–Crippen LogP) is 4.77. The largest absolute Gasteiger partial charge is 0.326 e. The molecule has 2 heterocycles. The van der Waals surface area contributed by atoms with Gasteiger partial charge in [-0.3, -0.25) is 4.79 Å². The normalized spacial score (nSPS) is 15.8. The topological polar surface area (TPSA) is 79.4 Å². The van der Waals surface area contributed by atoms with Gasteiger partial charge >= 0.3 is 0 Å². The van der Waals surface area contributed by atoms with Crippen LogP contribution in [-0.2, 0) is 14.8 Å². The molecule has 8 heteroatoms. The zero-order valence-corrected chi connectivity index (χ0v) is 19.4. The molecule has 6 nitrogen and oxygen atoms in total. The highest BCUT2D eigenvalue weighted by Gasteiger charge is 2.30. The van der Waals surface area contributed by atoms with Crippen LogP contribution in [0.15, 0.2) is 65.4 Å². The number of amides is 1. The second kappa shape index (κ2) is 9.77. The first-order chi connectivity index (χ1) is 15.4. The van der Waals surface area contributed by atoms with E-state index < -0.39 is 10.0 Å². The molecule has 0 aliphatic carbocycles. The van der Waals surface area contributed by atoms with Crippen molar-refractivity contribution in [2.45, 2.75) is 19.8 Å². The highest BCUT2D eigenvalue weighted by Crippen LogP contribution is 2.26. The number of sulfonamides is 1. The van der Waals surface area contributed by atoms with E-state index in [-0.39, 0.29) is 11.8 Å². The third kappa shape index (κ3) is 5.51. The molecule has 0 radical (unpaired) electrons. The number of nitrogens with one attached hydrogen (secondary N) is 1. The maximum atomic E-state index is 12.8. The van der Waals surface area contributed by atoms with Crippen LogP contribution in [0.25, 0.3) is 17.3 Å². The molecular weight excluding hydrogens is 442 g/mol. The lowest BCUT2D eigenvalue weighted by Gasteiger charge is -2.29. The molecule has 0 atom stereocenters. The van der Waals surface area contributed by atoms with E-state index in [1.807, 2.05) is 66.9 Å². The van der Waals surface area contributed by atoms with Crippen molar-refractivity contribution in [3.8, 4) is 11.3 Å². The van der Waals surface area contributed by atoms with Crippen molar-refractivity contribution in [2.75, 3.05) is 18.4 Å². The average molecular weight is 468 g/mol. The van der Waals surface area contributed by atoms with Gasteiger partial charge in [0.05, 0.1) is 10.7 Å². The number of carbonyl (C=O) groups is 1. The number of aromatic nitrogens is 1. The van der Waals surface area contributed by atoms with Gasteiger partial charge in [0.25, 0.3) is 0 Å². The molecular formula is C24H25N3O3S2. The number of nitrogens with zero attached hydrogens (tertiary/aromatic N) is 2. The van der Waals surface area contributed by atoms with Gasteiger partial charge < -0.3 is 5.32 Å². The SMILES string of the molecule is Cc1nc(-c2cccc(NC(=O)C3CCN(S(=O)(=O)/C=C/c4ccccc4)CC3)c2)cs1. The average Bonchev–Trinajstić information content (AvgIpc) is 3.25. The van der Waals surface area contributed by atoms with Crippen LogP contribution in [0.5, 0.6) is 0 Å². The summed E-state index contributed by atoms with van der Waals surface area (Å²) in [5.41, 5.74) is 3.41. The van der Waals surface area contributed by atoms with E-state index in [0.29, 0.717) is 25.9 Å². The first kappa shape index (κ1) is 22.4. The summed E-state index contributed by atoms with van der Waals surface area (Å²) in [7, 11) is -3.51. The van der Waals surface area contributed by atoms with E-state index in [9.17, 15) is 13.2 Å². The van der Waals surface area contributed by atoms with E-state index in [0.717, 1.165) is 27.5 Å². The van der Waals surface area contributed by atoms with Gasteiger partial charge in [-0.05, 0) is 43.5 Å². The van der Waals surface area contributed by atoms with Crippen LogP contribution in [0.4, 0.5) is 5.69 Å². The van der Waals surface area contributed by atoms with Gasteiger partial charge in [0.2, 0.25) is 15.9 Å². The number of thiazole rings is 1. The number of aryl methyl sites for hydroxylation is 1. The number of carbonyl (C=O) groups excluding carboxylic acids is 1. The van der Waals surface area contributed by atoms with Crippen LogP contribution in [-0.4, -0.2) is 36.7 Å². The monoisotopic (exact) mass is 467 g/mol. The second-order valence-electron chi connectivity index (χ2n) is 7.75. The molecule has 0 unspecified atom stereocenters. The molecule has 0 bridgehead atoms. The molecule has 1 amide bonds. The first-order valence-corrected chi connectivity index (χ1v) is 12.9. The van der Waals surface area contributed by atoms with Crippen molar-refractivity contribution in [1.82, 2.24) is 9.29 Å². The van der Waals surface area contributed by atoms with E-state index >= 15 is 0 Å². The lowest BCUT2D eigenvalue weighted by molar-refractivity contribution is -0.120. The minimum atomic E-state index is -3.51. The van der Waals surface area contributed by atoms with Gasteiger partial charge in [0, 0.05) is 41.0 Å². The molecule has 2 aromatic carbocycles. The highest BCUT2D eigenvalue weighted by molar-refractivity contribution is 7.92. The van der Waals surface area contributed by atoms with Crippen molar-refractivity contribution >= 4 is 39.0 Å². The molecule has 3 aromatic rings. The quantitative estimate of drug-likeness (QED) is 0.566. The van der Waals surface area contributed by atoms with E-state index in [1.165, 1.54) is 9.71 Å². The maximum absolute atomic E-state index is 12.8. The summed E-state index contributed by atoms with van der Waals surface area (Å²) in [6.07, 6.45) is 2.59. The predicted molar refractivity (Wildman–Crippen MR) is 130 cm³/mol. The van der Waals surface area contributed by atoms with Crippen LogP contribution < -0.4 is 5.32 Å².